The van der Waals surface area contributed by atoms with E-state index in [1.165, 1.54) is 20.2 Å². The van der Waals surface area contributed by atoms with Crippen molar-refractivity contribution < 1.29 is 22.4 Å². The average Bonchev–Trinajstić information content (AvgIpc) is 2.85. The van der Waals surface area contributed by atoms with Crippen LogP contribution < -0.4 is 10.6 Å². The Labute approximate surface area is 143 Å². The number of rotatable bonds is 9. The van der Waals surface area contributed by atoms with Gasteiger partial charge in [0.15, 0.2) is 0 Å². The van der Waals surface area contributed by atoms with Crippen LogP contribution in [-0.4, -0.2) is 66.1 Å². The first kappa shape index (κ1) is 21.9. The molecule has 0 radical (unpaired) electrons. The second kappa shape index (κ2) is 9.89. The molecule has 0 aliphatic rings. The number of carbonyl (C=O) groups is 1. The van der Waals surface area contributed by atoms with Crippen LogP contribution in [0.15, 0.2) is 15.6 Å². The van der Waals surface area contributed by atoms with E-state index in [2.05, 4.69) is 10.6 Å². The van der Waals surface area contributed by atoms with E-state index in [0.717, 1.165) is 4.31 Å². The average molecular weight is 370 g/mol. The first-order chi connectivity index (χ1) is 10.3. The van der Waals surface area contributed by atoms with Crippen LogP contribution in [0.25, 0.3) is 0 Å². The molecule has 0 aliphatic carbocycles. The summed E-state index contributed by atoms with van der Waals surface area (Å²) in [6.45, 7) is 3.86. The third-order valence-corrected chi connectivity index (χ3v) is 4.62. The van der Waals surface area contributed by atoms with Crippen molar-refractivity contribution in [3.8, 4) is 0 Å². The van der Waals surface area contributed by atoms with Crippen molar-refractivity contribution in [2.24, 2.45) is 0 Å². The van der Waals surface area contributed by atoms with Gasteiger partial charge in [0.25, 0.3) is 15.9 Å². The Bertz CT molecular complexity index is 601. The van der Waals surface area contributed by atoms with E-state index in [9.17, 15) is 13.2 Å². The van der Waals surface area contributed by atoms with Gasteiger partial charge in [0.05, 0.1) is 12.2 Å². The molecule has 1 aromatic heterocycles. The molecule has 0 saturated carbocycles. The zero-order chi connectivity index (χ0) is 16.8. The van der Waals surface area contributed by atoms with Crippen LogP contribution in [0.3, 0.4) is 0 Å². The van der Waals surface area contributed by atoms with Gasteiger partial charge < -0.3 is 19.8 Å². The second-order valence-electron chi connectivity index (χ2n) is 4.82. The normalized spacial score (nSPS) is 11.3. The topological polar surface area (TPSA) is 101 Å². The molecule has 23 heavy (non-hydrogen) atoms. The zero-order valence-corrected chi connectivity index (χ0v) is 15.3. The molecule has 0 aliphatic heterocycles. The Morgan fingerprint density at radius 3 is 2.52 bits per heavy atom. The smallest absolute Gasteiger partial charge is 0.275 e. The van der Waals surface area contributed by atoms with Gasteiger partial charge in [0, 0.05) is 46.9 Å². The summed E-state index contributed by atoms with van der Waals surface area (Å²) in [5.41, 5.74) is 0.220. The number of nitrogens with one attached hydrogen (secondary N) is 2. The van der Waals surface area contributed by atoms with Crippen LogP contribution >= 0.6 is 12.4 Å². The number of aryl methyl sites for hydroxylation is 1. The van der Waals surface area contributed by atoms with Gasteiger partial charge in [-0.15, -0.1) is 12.4 Å². The summed E-state index contributed by atoms with van der Waals surface area (Å²) in [6, 6.07) is 1.25. The van der Waals surface area contributed by atoms with E-state index < -0.39 is 10.0 Å². The Hall–Kier alpha value is -1.13. The van der Waals surface area contributed by atoms with Gasteiger partial charge in [0.1, 0.15) is 5.76 Å². The fraction of sp³-hybridized carbons (Fsp3) is 0.615. The van der Waals surface area contributed by atoms with Crippen molar-refractivity contribution in [2.75, 3.05) is 47.4 Å². The van der Waals surface area contributed by atoms with E-state index >= 15 is 0 Å². The van der Waals surface area contributed by atoms with Crippen molar-refractivity contribution in [1.29, 1.82) is 0 Å². The summed E-state index contributed by atoms with van der Waals surface area (Å²) in [5, 5.41) is 5.55. The van der Waals surface area contributed by atoms with Crippen molar-refractivity contribution in [3.63, 3.8) is 0 Å². The molecular formula is C13H24ClN3O5S. The van der Waals surface area contributed by atoms with Crippen LogP contribution in [0.1, 0.15) is 16.1 Å². The van der Waals surface area contributed by atoms with Gasteiger partial charge in [-0.3, -0.25) is 4.79 Å². The highest BCUT2D eigenvalue weighted by Gasteiger charge is 2.25. The van der Waals surface area contributed by atoms with Gasteiger partial charge in [-0.1, -0.05) is 0 Å². The molecule has 0 unspecified atom stereocenters. The lowest BCUT2D eigenvalue weighted by Crippen LogP contribution is -2.33. The SMILES string of the molecule is COCCNCCNC(=O)c1cc(S(=O)(=O)N(C)C)oc1C.Cl. The molecule has 1 amide bonds. The minimum absolute atomic E-state index is 0. The Morgan fingerprint density at radius 2 is 1.96 bits per heavy atom. The predicted molar refractivity (Wildman–Crippen MR) is 88.6 cm³/mol. The van der Waals surface area contributed by atoms with Gasteiger partial charge in [-0.05, 0) is 6.92 Å². The molecule has 0 saturated heterocycles. The van der Waals surface area contributed by atoms with E-state index in [4.69, 9.17) is 9.15 Å². The fourth-order valence-corrected chi connectivity index (χ4v) is 2.50. The van der Waals surface area contributed by atoms with E-state index in [0.29, 0.717) is 26.2 Å². The van der Waals surface area contributed by atoms with Gasteiger partial charge in [-0.2, -0.15) is 0 Å². The molecule has 10 heteroatoms. The third-order valence-electron chi connectivity index (χ3n) is 2.95. The monoisotopic (exact) mass is 369 g/mol. The summed E-state index contributed by atoms with van der Waals surface area (Å²) in [4.78, 5) is 12.0. The van der Waals surface area contributed by atoms with Crippen LogP contribution in [0.2, 0.25) is 0 Å². The lowest BCUT2D eigenvalue weighted by atomic mass is 10.2. The van der Waals surface area contributed by atoms with Crippen LogP contribution in [-0.2, 0) is 14.8 Å². The van der Waals surface area contributed by atoms with Gasteiger partial charge >= 0.3 is 0 Å². The highest BCUT2D eigenvalue weighted by molar-refractivity contribution is 7.88. The molecule has 0 fully saturated rings. The number of hydrogen-bond acceptors (Lipinski definition) is 6. The maximum Gasteiger partial charge on any atom is 0.275 e. The number of sulfonamides is 1. The molecule has 1 aromatic rings. The van der Waals surface area contributed by atoms with Crippen molar-refractivity contribution in [2.45, 2.75) is 12.0 Å². The minimum atomic E-state index is -3.69. The largest absolute Gasteiger partial charge is 0.448 e. The highest BCUT2D eigenvalue weighted by atomic mass is 35.5. The van der Waals surface area contributed by atoms with Crippen molar-refractivity contribution >= 4 is 28.3 Å². The number of furan rings is 1. The number of amides is 1. The van der Waals surface area contributed by atoms with Crippen LogP contribution in [0.5, 0.6) is 0 Å². The lowest BCUT2D eigenvalue weighted by molar-refractivity contribution is 0.0952. The van der Waals surface area contributed by atoms with E-state index in [1.807, 2.05) is 0 Å². The summed E-state index contributed by atoms with van der Waals surface area (Å²) >= 11 is 0. The summed E-state index contributed by atoms with van der Waals surface area (Å²) in [5.74, 6) is -0.0970. The first-order valence-electron chi connectivity index (χ1n) is 6.81. The second-order valence-corrected chi connectivity index (χ2v) is 6.90. The molecule has 1 rings (SSSR count). The van der Waals surface area contributed by atoms with Gasteiger partial charge in [-0.25, -0.2) is 12.7 Å². The number of hydrogen-bond donors (Lipinski definition) is 2. The summed E-state index contributed by atoms with van der Waals surface area (Å²) < 4.78 is 35.0. The van der Waals surface area contributed by atoms with Crippen molar-refractivity contribution in [1.82, 2.24) is 14.9 Å². The lowest BCUT2D eigenvalue weighted by Gasteiger charge is -2.07. The zero-order valence-electron chi connectivity index (χ0n) is 13.7. The third kappa shape index (κ3) is 6.11. The van der Waals surface area contributed by atoms with Crippen molar-refractivity contribution in [3.05, 3.63) is 17.4 Å². The van der Waals surface area contributed by atoms with Crippen LogP contribution in [0, 0.1) is 6.92 Å². The fourth-order valence-electron chi connectivity index (χ4n) is 1.65. The molecule has 0 spiro atoms. The number of carbonyl (C=O) groups excluding carboxylic acids is 1. The first-order valence-corrected chi connectivity index (χ1v) is 8.25. The number of halogens is 1. The van der Waals surface area contributed by atoms with Crippen LogP contribution in [0.4, 0.5) is 0 Å². The Balaban J connectivity index is 0.00000484. The maximum absolute atomic E-state index is 12.0. The maximum atomic E-state index is 12.0. The molecule has 0 atom stereocenters. The molecule has 0 bridgehead atoms. The molecule has 134 valence electrons. The standard InChI is InChI=1S/C13H23N3O5S.ClH/c1-10-11(9-12(21-10)22(18,19)16(2)3)13(17)15-6-5-14-7-8-20-4;/h9,14H,5-8H2,1-4H3,(H,15,17);1H. The number of nitrogens with zero attached hydrogens (tertiary/aromatic N) is 1. The molecule has 0 aromatic carbocycles. The molecular weight excluding hydrogens is 346 g/mol. The Morgan fingerprint density at radius 1 is 1.30 bits per heavy atom. The Kier molecular flexibility index (Phi) is 9.40. The van der Waals surface area contributed by atoms with E-state index in [1.54, 1.807) is 14.0 Å². The van der Waals surface area contributed by atoms with E-state index in [-0.39, 0.29) is 34.7 Å². The molecule has 1 heterocycles. The number of ether oxygens (including phenoxy) is 1. The van der Waals surface area contributed by atoms with Gasteiger partial charge in [0.2, 0.25) is 5.09 Å². The molecule has 8 nitrogen and oxygen atoms in total. The molecule has 2 N–H and O–H groups in total. The minimum Gasteiger partial charge on any atom is -0.448 e. The highest BCUT2D eigenvalue weighted by Crippen LogP contribution is 2.21. The summed E-state index contributed by atoms with van der Waals surface area (Å²) in [7, 11) is 0.731. The number of methoxy groups -OCH3 is 1. The quantitative estimate of drug-likeness (QED) is 0.604. The predicted octanol–water partition coefficient (Wildman–Crippen LogP) is 0.226. The summed E-state index contributed by atoms with van der Waals surface area (Å²) in [6.07, 6.45) is 0.